The molecule has 0 aliphatic rings. The van der Waals surface area contributed by atoms with Gasteiger partial charge in [0.1, 0.15) is 0 Å². The van der Waals surface area contributed by atoms with E-state index in [2.05, 4.69) is 4.98 Å². The monoisotopic (exact) mass is 134 g/mol. The maximum Gasteiger partial charge on any atom is 0.0328 e. The third-order valence-corrected chi connectivity index (χ3v) is 1.08. The van der Waals surface area contributed by atoms with Crippen molar-refractivity contribution in [2.75, 3.05) is 5.73 Å². The Morgan fingerprint density at radius 3 is 2.80 bits per heavy atom. The van der Waals surface area contributed by atoms with E-state index in [-0.39, 0.29) is 0 Å². The molecule has 0 atom stereocenters. The molecule has 10 heavy (non-hydrogen) atoms. The van der Waals surface area contributed by atoms with Crippen molar-refractivity contribution in [3.63, 3.8) is 0 Å². The number of aromatic nitrogens is 1. The van der Waals surface area contributed by atoms with Crippen LogP contribution in [0.2, 0.25) is 0 Å². The third kappa shape index (κ3) is 2.22. The maximum absolute atomic E-state index is 5.53. The van der Waals surface area contributed by atoms with Crippen LogP contribution in [0.15, 0.2) is 42.7 Å². The Hall–Kier alpha value is -1.44. The summed E-state index contributed by atoms with van der Waals surface area (Å²) in [5.41, 5.74) is 6.27. The number of nitrogens with one attached hydrogen (secondary N) is 1. The number of anilines is 1. The molecule has 0 aliphatic carbocycles. The molecule has 52 valence electrons. The van der Waals surface area contributed by atoms with E-state index in [4.69, 9.17) is 5.73 Å². The molecule has 0 spiro atoms. The Morgan fingerprint density at radius 1 is 1.00 bits per heavy atom. The SMILES string of the molecule is Nc1ccccc[nH]cc1. The van der Waals surface area contributed by atoms with Crippen LogP contribution in [0.25, 0.3) is 0 Å². The van der Waals surface area contributed by atoms with Gasteiger partial charge in [-0.3, -0.25) is 0 Å². The lowest BCUT2D eigenvalue weighted by Gasteiger charge is -1.78. The summed E-state index contributed by atoms with van der Waals surface area (Å²) in [6.45, 7) is 0. The molecular formula is C8H10N2. The lowest BCUT2D eigenvalue weighted by molar-refractivity contribution is 1.36. The molecule has 1 heterocycles. The van der Waals surface area contributed by atoms with Gasteiger partial charge in [0.2, 0.25) is 0 Å². The summed E-state index contributed by atoms with van der Waals surface area (Å²) in [7, 11) is 0. The number of hydrogen-bond acceptors (Lipinski definition) is 1. The third-order valence-electron chi connectivity index (χ3n) is 1.08. The number of aromatic amines is 1. The van der Waals surface area contributed by atoms with Crippen LogP contribution in [-0.2, 0) is 0 Å². The van der Waals surface area contributed by atoms with Crippen LogP contribution in [0, 0.1) is 0 Å². The predicted octanol–water partition coefficient (Wildman–Crippen LogP) is 1.72. The molecular weight excluding hydrogens is 124 g/mol. The van der Waals surface area contributed by atoms with Crippen molar-refractivity contribution in [1.82, 2.24) is 4.98 Å². The smallest absolute Gasteiger partial charge is 0.0328 e. The van der Waals surface area contributed by atoms with Gasteiger partial charge in [-0.25, -0.2) is 0 Å². The van der Waals surface area contributed by atoms with E-state index >= 15 is 0 Å². The Kier molecular flexibility index (Phi) is 2.38. The van der Waals surface area contributed by atoms with Crippen LogP contribution in [0.1, 0.15) is 0 Å². The number of hydrogen-bond donors (Lipinski definition) is 2. The van der Waals surface area contributed by atoms with Gasteiger partial charge in [-0.1, -0.05) is 12.1 Å². The molecule has 0 radical (unpaired) electrons. The van der Waals surface area contributed by atoms with Gasteiger partial charge >= 0.3 is 0 Å². The van der Waals surface area contributed by atoms with Gasteiger partial charge in [-0.15, -0.1) is 0 Å². The van der Waals surface area contributed by atoms with E-state index in [1.54, 1.807) is 12.3 Å². The molecule has 0 saturated carbocycles. The van der Waals surface area contributed by atoms with Crippen LogP contribution in [0.4, 0.5) is 5.69 Å². The molecule has 1 rings (SSSR count). The highest BCUT2D eigenvalue weighted by Gasteiger charge is 1.69. The molecule has 0 fully saturated rings. The molecule has 0 saturated heterocycles. The lowest BCUT2D eigenvalue weighted by atomic mass is 10.4. The van der Waals surface area contributed by atoms with Crippen LogP contribution in [0.5, 0.6) is 0 Å². The summed E-state index contributed by atoms with van der Waals surface area (Å²) < 4.78 is 0. The molecule has 0 amide bonds. The van der Waals surface area contributed by atoms with E-state index in [1.807, 2.05) is 30.5 Å². The number of nitrogen functional groups attached to an aromatic ring is 1. The number of nitrogens with two attached hydrogens (primary N) is 1. The molecule has 2 heteroatoms. The molecule has 2 nitrogen and oxygen atoms in total. The first kappa shape index (κ1) is 6.68. The molecule has 0 bridgehead atoms. The normalized spacial score (nSPS) is 8.40. The molecule has 0 aromatic carbocycles. The van der Waals surface area contributed by atoms with Crippen molar-refractivity contribution in [3.05, 3.63) is 42.7 Å². The van der Waals surface area contributed by atoms with Crippen LogP contribution < -0.4 is 5.73 Å². The number of rotatable bonds is 0. The summed E-state index contributed by atoms with van der Waals surface area (Å²) in [6, 6.07) is 9.35. The Morgan fingerprint density at radius 2 is 1.90 bits per heavy atom. The quantitative estimate of drug-likeness (QED) is 0.557. The van der Waals surface area contributed by atoms with Crippen molar-refractivity contribution in [2.45, 2.75) is 0 Å². The summed E-state index contributed by atoms with van der Waals surface area (Å²) in [6.07, 6.45) is 3.62. The van der Waals surface area contributed by atoms with Gasteiger partial charge in [0, 0.05) is 18.1 Å². The highest BCUT2D eigenvalue weighted by atomic mass is 14.6. The second-order valence-electron chi connectivity index (χ2n) is 1.91. The summed E-state index contributed by atoms with van der Waals surface area (Å²) in [5, 5.41) is 0. The van der Waals surface area contributed by atoms with Crippen molar-refractivity contribution in [3.8, 4) is 0 Å². The average Bonchev–Trinajstić information content (AvgIpc) is 2.02. The highest BCUT2D eigenvalue weighted by Crippen LogP contribution is 1.92. The first-order chi connectivity index (χ1) is 4.89. The van der Waals surface area contributed by atoms with E-state index in [0.29, 0.717) is 0 Å². The average molecular weight is 134 g/mol. The highest BCUT2D eigenvalue weighted by molar-refractivity contribution is 5.33. The van der Waals surface area contributed by atoms with Crippen molar-refractivity contribution in [1.29, 1.82) is 0 Å². The lowest BCUT2D eigenvalue weighted by Crippen LogP contribution is -1.78. The second kappa shape index (κ2) is 3.56. The molecule has 0 aliphatic heterocycles. The van der Waals surface area contributed by atoms with Crippen molar-refractivity contribution in [2.24, 2.45) is 0 Å². The van der Waals surface area contributed by atoms with E-state index < -0.39 is 0 Å². The Balaban J connectivity index is 3.13. The Bertz CT molecular complexity index is 215. The van der Waals surface area contributed by atoms with Gasteiger partial charge in [0.15, 0.2) is 0 Å². The van der Waals surface area contributed by atoms with Crippen molar-refractivity contribution >= 4 is 5.69 Å². The second-order valence-corrected chi connectivity index (χ2v) is 1.91. The van der Waals surface area contributed by atoms with Gasteiger partial charge in [0.25, 0.3) is 0 Å². The molecule has 3 N–H and O–H groups in total. The fraction of sp³-hybridized carbons (Fsp3) is 0. The van der Waals surface area contributed by atoms with Gasteiger partial charge < -0.3 is 10.7 Å². The van der Waals surface area contributed by atoms with E-state index in [1.165, 1.54) is 0 Å². The first-order valence-corrected chi connectivity index (χ1v) is 3.11. The summed E-state index contributed by atoms with van der Waals surface area (Å²) in [4.78, 5) is 2.92. The Labute approximate surface area is 60.0 Å². The topological polar surface area (TPSA) is 41.8 Å². The largest absolute Gasteiger partial charge is 0.399 e. The maximum atomic E-state index is 5.53. The van der Waals surface area contributed by atoms with E-state index in [9.17, 15) is 0 Å². The van der Waals surface area contributed by atoms with Gasteiger partial charge in [0.05, 0.1) is 0 Å². The molecule has 1 aromatic rings. The first-order valence-electron chi connectivity index (χ1n) is 3.11. The van der Waals surface area contributed by atoms with Gasteiger partial charge in [-0.05, 0) is 18.2 Å². The molecule has 0 unspecified atom stereocenters. The minimum atomic E-state index is 0.743. The fourth-order valence-corrected chi connectivity index (χ4v) is 0.597. The number of H-pyrrole nitrogens is 1. The van der Waals surface area contributed by atoms with Crippen LogP contribution in [-0.4, -0.2) is 4.98 Å². The zero-order valence-corrected chi connectivity index (χ0v) is 5.62. The zero-order valence-electron chi connectivity index (χ0n) is 5.62. The fourth-order valence-electron chi connectivity index (χ4n) is 0.597. The van der Waals surface area contributed by atoms with E-state index in [0.717, 1.165) is 5.69 Å². The summed E-state index contributed by atoms with van der Waals surface area (Å²) >= 11 is 0. The predicted molar refractivity (Wildman–Crippen MR) is 42.8 cm³/mol. The van der Waals surface area contributed by atoms with Crippen LogP contribution in [0.3, 0.4) is 0 Å². The van der Waals surface area contributed by atoms with Crippen LogP contribution >= 0.6 is 0 Å². The minimum Gasteiger partial charge on any atom is -0.399 e. The summed E-state index contributed by atoms with van der Waals surface area (Å²) in [5.74, 6) is 0. The molecule has 1 aromatic heterocycles. The minimum absolute atomic E-state index is 0.743. The zero-order chi connectivity index (χ0) is 7.23. The van der Waals surface area contributed by atoms with Crippen molar-refractivity contribution < 1.29 is 0 Å². The standard InChI is InChI=1S/C8H10N2/c9-8-4-2-1-3-6-10-7-5-8/h1-7,10H,9H2. The van der Waals surface area contributed by atoms with Gasteiger partial charge in [-0.2, -0.15) is 0 Å².